The van der Waals surface area contributed by atoms with Crippen LogP contribution in [0.15, 0.2) is 18.2 Å². The van der Waals surface area contributed by atoms with Crippen molar-refractivity contribution in [3.8, 4) is 11.5 Å². The number of hydrogen-bond donors (Lipinski definition) is 2. The number of benzene rings is 1. The molecular formula is C15H19NO5. The maximum atomic E-state index is 11.9. The summed E-state index contributed by atoms with van der Waals surface area (Å²) in [5, 5.41) is 11.5. The zero-order chi connectivity index (χ0) is 15.5. The molecule has 0 saturated carbocycles. The number of aliphatic carboxylic acids is 1. The molecule has 21 heavy (non-hydrogen) atoms. The van der Waals surface area contributed by atoms with Gasteiger partial charge in [-0.1, -0.05) is 6.07 Å². The van der Waals surface area contributed by atoms with Crippen LogP contribution in [0.2, 0.25) is 0 Å². The van der Waals surface area contributed by atoms with Crippen molar-refractivity contribution in [2.75, 3.05) is 6.79 Å². The topological polar surface area (TPSA) is 84.9 Å². The SMILES string of the molecule is CC(C)(CC(=O)O)NC(=O)CCc1ccc2c(c1)OCO2. The summed E-state index contributed by atoms with van der Waals surface area (Å²) in [6, 6.07) is 5.57. The van der Waals surface area contributed by atoms with E-state index >= 15 is 0 Å². The molecule has 6 nitrogen and oxygen atoms in total. The molecule has 1 heterocycles. The Balaban J connectivity index is 1.85. The molecule has 0 atom stereocenters. The molecule has 1 aliphatic rings. The van der Waals surface area contributed by atoms with Crippen LogP contribution in [0.3, 0.4) is 0 Å². The quantitative estimate of drug-likeness (QED) is 0.834. The number of rotatable bonds is 6. The minimum absolute atomic E-state index is 0.108. The largest absolute Gasteiger partial charge is 0.481 e. The number of fused-ring (bicyclic) bond motifs is 1. The van der Waals surface area contributed by atoms with Gasteiger partial charge in [-0.15, -0.1) is 0 Å². The molecule has 0 radical (unpaired) electrons. The first-order valence-electron chi connectivity index (χ1n) is 6.77. The van der Waals surface area contributed by atoms with E-state index in [-0.39, 0.29) is 19.1 Å². The van der Waals surface area contributed by atoms with Crippen LogP contribution in [0.1, 0.15) is 32.3 Å². The Morgan fingerprint density at radius 1 is 1.29 bits per heavy atom. The number of nitrogens with one attached hydrogen (secondary N) is 1. The Bertz CT molecular complexity index is 553. The summed E-state index contributed by atoms with van der Waals surface area (Å²) < 4.78 is 10.5. The van der Waals surface area contributed by atoms with Crippen LogP contribution in [0.5, 0.6) is 11.5 Å². The van der Waals surface area contributed by atoms with Crippen LogP contribution in [-0.4, -0.2) is 29.3 Å². The average molecular weight is 293 g/mol. The van der Waals surface area contributed by atoms with Crippen LogP contribution in [-0.2, 0) is 16.0 Å². The highest BCUT2D eigenvalue weighted by molar-refractivity contribution is 5.78. The Hall–Kier alpha value is -2.24. The monoisotopic (exact) mass is 293 g/mol. The number of carboxylic acids is 1. The van der Waals surface area contributed by atoms with Gasteiger partial charge in [0.05, 0.1) is 6.42 Å². The van der Waals surface area contributed by atoms with Crippen LogP contribution in [0.25, 0.3) is 0 Å². The summed E-state index contributed by atoms with van der Waals surface area (Å²) in [6.07, 6.45) is 0.747. The molecule has 114 valence electrons. The molecule has 0 bridgehead atoms. The number of carbonyl (C=O) groups is 2. The Kier molecular flexibility index (Phi) is 4.35. The normalized spacial score (nSPS) is 13.0. The fourth-order valence-electron chi connectivity index (χ4n) is 2.22. The first-order chi connectivity index (χ1) is 9.85. The second kappa shape index (κ2) is 6.03. The molecule has 0 aliphatic carbocycles. The van der Waals surface area contributed by atoms with Gasteiger partial charge in [0.15, 0.2) is 11.5 Å². The molecule has 1 aliphatic heterocycles. The molecule has 0 unspecified atom stereocenters. The second-order valence-corrected chi connectivity index (χ2v) is 5.69. The summed E-state index contributed by atoms with van der Waals surface area (Å²) in [7, 11) is 0. The lowest BCUT2D eigenvalue weighted by Crippen LogP contribution is -2.45. The highest BCUT2D eigenvalue weighted by atomic mass is 16.7. The van der Waals surface area contributed by atoms with Gasteiger partial charge in [0.25, 0.3) is 0 Å². The molecule has 1 amide bonds. The zero-order valence-corrected chi connectivity index (χ0v) is 12.1. The average Bonchev–Trinajstić information content (AvgIpc) is 2.81. The van der Waals surface area contributed by atoms with Crippen molar-refractivity contribution in [3.05, 3.63) is 23.8 Å². The summed E-state index contributed by atoms with van der Waals surface area (Å²) >= 11 is 0. The summed E-state index contributed by atoms with van der Waals surface area (Å²) in [4.78, 5) is 22.6. The van der Waals surface area contributed by atoms with Crippen LogP contribution in [0.4, 0.5) is 0 Å². The van der Waals surface area contributed by atoms with E-state index in [1.165, 1.54) is 0 Å². The van der Waals surface area contributed by atoms with Crippen LogP contribution < -0.4 is 14.8 Å². The standard InChI is InChI=1S/C15H19NO5/c1-15(2,8-14(18)19)16-13(17)6-4-10-3-5-11-12(7-10)21-9-20-11/h3,5,7H,4,6,8-9H2,1-2H3,(H,16,17)(H,18,19). The third-order valence-corrected chi connectivity index (χ3v) is 3.15. The van der Waals surface area contributed by atoms with E-state index in [2.05, 4.69) is 5.32 Å². The molecule has 1 aromatic carbocycles. The van der Waals surface area contributed by atoms with Crippen molar-refractivity contribution < 1.29 is 24.2 Å². The lowest BCUT2D eigenvalue weighted by molar-refractivity contribution is -0.138. The van der Waals surface area contributed by atoms with Gasteiger partial charge in [0.1, 0.15) is 0 Å². The summed E-state index contributed by atoms with van der Waals surface area (Å²) in [5.41, 5.74) is 0.225. The van der Waals surface area contributed by atoms with Crippen molar-refractivity contribution in [3.63, 3.8) is 0 Å². The van der Waals surface area contributed by atoms with Gasteiger partial charge in [-0.3, -0.25) is 9.59 Å². The number of carboxylic acid groups (broad SMARTS) is 1. The molecule has 2 N–H and O–H groups in total. The van der Waals surface area contributed by atoms with E-state index in [9.17, 15) is 9.59 Å². The minimum atomic E-state index is -0.934. The molecule has 2 rings (SSSR count). The third-order valence-electron chi connectivity index (χ3n) is 3.15. The highest BCUT2D eigenvalue weighted by Gasteiger charge is 2.23. The van der Waals surface area contributed by atoms with Gasteiger partial charge in [0.2, 0.25) is 12.7 Å². The van der Waals surface area contributed by atoms with Crippen LogP contribution >= 0.6 is 0 Å². The summed E-state index contributed by atoms with van der Waals surface area (Å²) in [6.45, 7) is 3.61. The first kappa shape index (κ1) is 15.2. The minimum Gasteiger partial charge on any atom is -0.481 e. The highest BCUT2D eigenvalue weighted by Crippen LogP contribution is 2.32. The maximum Gasteiger partial charge on any atom is 0.305 e. The van der Waals surface area contributed by atoms with Gasteiger partial charge in [0, 0.05) is 12.0 Å². The predicted molar refractivity (Wildman–Crippen MR) is 75.4 cm³/mol. The van der Waals surface area contributed by atoms with Gasteiger partial charge in [-0.25, -0.2) is 0 Å². The molecule has 6 heteroatoms. The van der Waals surface area contributed by atoms with Crippen LogP contribution in [0, 0.1) is 0 Å². The number of hydrogen-bond acceptors (Lipinski definition) is 4. The van der Waals surface area contributed by atoms with Gasteiger partial charge in [-0.2, -0.15) is 0 Å². The van der Waals surface area contributed by atoms with E-state index < -0.39 is 11.5 Å². The van der Waals surface area contributed by atoms with E-state index in [4.69, 9.17) is 14.6 Å². The van der Waals surface area contributed by atoms with Crippen molar-refractivity contribution in [1.29, 1.82) is 0 Å². The first-order valence-corrected chi connectivity index (χ1v) is 6.77. The Labute approximate surface area is 123 Å². The van der Waals surface area contributed by atoms with Crippen molar-refractivity contribution in [1.82, 2.24) is 5.32 Å². The smallest absolute Gasteiger partial charge is 0.305 e. The number of ether oxygens (including phenoxy) is 2. The number of aryl methyl sites for hydroxylation is 1. The maximum absolute atomic E-state index is 11.9. The zero-order valence-electron chi connectivity index (χ0n) is 12.1. The molecule has 0 fully saturated rings. The van der Waals surface area contributed by atoms with E-state index in [1.54, 1.807) is 13.8 Å². The van der Waals surface area contributed by atoms with Gasteiger partial charge in [-0.05, 0) is 38.0 Å². The second-order valence-electron chi connectivity index (χ2n) is 5.69. The van der Waals surface area contributed by atoms with Crippen molar-refractivity contribution >= 4 is 11.9 Å². The number of carbonyl (C=O) groups excluding carboxylic acids is 1. The van der Waals surface area contributed by atoms with E-state index in [0.717, 1.165) is 5.56 Å². The lowest BCUT2D eigenvalue weighted by atomic mass is 10.00. The summed E-state index contributed by atoms with van der Waals surface area (Å²) in [5.74, 6) is 0.305. The van der Waals surface area contributed by atoms with Crippen molar-refractivity contribution in [2.24, 2.45) is 0 Å². The van der Waals surface area contributed by atoms with E-state index in [0.29, 0.717) is 24.3 Å². The Morgan fingerprint density at radius 2 is 2.00 bits per heavy atom. The predicted octanol–water partition coefficient (Wildman–Crippen LogP) is 1.72. The van der Waals surface area contributed by atoms with Gasteiger partial charge < -0.3 is 19.9 Å². The van der Waals surface area contributed by atoms with E-state index in [1.807, 2.05) is 18.2 Å². The molecule has 0 saturated heterocycles. The fourth-order valence-corrected chi connectivity index (χ4v) is 2.22. The third kappa shape index (κ3) is 4.37. The Morgan fingerprint density at radius 3 is 2.71 bits per heavy atom. The lowest BCUT2D eigenvalue weighted by Gasteiger charge is -2.24. The molecule has 0 aromatic heterocycles. The van der Waals surface area contributed by atoms with Crippen molar-refractivity contribution in [2.45, 2.75) is 38.6 Å². The number of amides is 1. The van der Waals surface area contributed by atoms with Gasteiger partial charge >= 0.3 is 5.97 Å². The molecule has 1 aromatic rings. The molecule has 0 spiro atoms. The fraction of sp³-hybridized carbons (Fsp3) is 0.467. The molecular weight excluding hydrogens is 274 g/mol.